The van der Waals surface area contributed by atoms with Crippen molar-refractivity contribution in [3.8, 4) is 5.75 Å². The fourth-order valence-electron chi connectivity index (χ4n) is 3.29. The lowest BCUT2D eigenvalue weighted by atomic mass is 9.91. The molecule has 0 aliphatic carbocycles. The molecule has 8 nitrogen and oxygen atoms in total. The third-order valence-electron chi connectivity index (χ3n) is 4.78. The molecule has 9 heteroatoms. The number of likely N-dealkylation sites (tertiary alicyclic amines) is 1. The van der Waals surface area contributed by atoms with Crippen LogP contribution in [0.1, 0.15) is 24.1 Å². The van der Waals surface area contributed by atoms with Crippen LogP contribution in [0.25, 0.3) is 0 Å². The van der Waals surface area contributed by atoms with Gasteiger partial charge in [-0.05, 0) is 31.0 Å². The second-order valence-electron chi connectivity index (χ2n) is 6.83. The van der Waals surface area contributed by atoms with Crippen molar-refractivity contribution in [3.63, 3.8) is 0 Å². The number of amides is 1. The Kier molecular flexibility index (Phi) is 6.05. The highest BCUT2D eigenvalue weighted by molar-refractivity contribution is 5.86. The van der Waals surface area contributed by atoms with Gasteiger partial charge in [-0.3, -0.25) is 9.59 Å². The van der Waals surface area contributed by atoms with Gasteiger partial charge in [0.25, 0.3) is 11.5 Å². The average molecular weight is 390 g/mol. The summed E-state index contributed by atoms with van der Waals surface area (Å²) in [5, 5.41) is 13.8. The predicted molar refractivity (Wildman–Crippen MR) is 99.1 cm³/mol. The van der Waals surface area contributed by atoms with Crippen molar-refractivity contribution in [2.75, 3.05) is 20.2 Å². The third-order valence-corrected chi connectivity index (χ3v) is 4.78. The molecule has 28 heavy (non-hydrogen) atoms. The molecule has 2 aromatic rings. The molecular weight excluding hydrogens is 367 g/mol. The summed E-state index contributed by atoms with van der Waals surface area (Å²) in [7, 11) is 1.49. The number of aromatic amines is 1. The number of halogens is 1. The van der Waals surface area contributed by atoms with Crippen LogP contribution in [0.4, 0.5) is 4.39 Å². The molecule has 0 radical (unpaired) electrons. The lowest BCUT2D eigenvalue weighted by Gasteiger charge is -2.38. The first kappa shape index (κ1) is 20.0. The van der Waals surface area contributed by atoms with E-state index in [1.54, 1.807) is 6.07 Å². The number of aliphatic hydroxyl groups is 1. The van der Waals surface area contributed by atoms with E-state index >= 15 is 0 Å². The molecule has 1 saturated heterocycles. The maximum absolute atomic E-state index is 14.1. The maximum atomic E-state index is 14.1. The van der Waals surface area contributed by atoms with E-state index in [-0.39, 0.29) is 25.2 Å². The van der Waals surface area contributed by atoms with Crippen LogP contribution in [0.2, 0.25) is 0 Å². The van der Waals surface area contributed by atoms with Gasteiger partial charge in [-0.25, -0.2) is 9.37 Å². The summed E-state index contributed by atoms with van der Waals surface area (Å²) in [4.78, 5) is 32.0. The minimum absolute atomic E-state index is 0.0113. The van der Waals surface area contributed by atoms with E-state index in [0.29, 0.717) is 36.4 Å². The summed E-state index contributed by atoms with van der Waals surface area (Å²) in [6.45, 7) is 0.745. The van der Waals surface area contributed by atoms with Gasteiger partial charge in [-0.1, -0.05) is 0 Å². The maximum Gasteiger partial charge on any atom is 0.256 e. The van der Waals surface area contributed by atoms with E-state index in [9.17, 15) is 19.1 Å². The number of piperidine rings is 1. The smallest absolute Gasteiger partial charge is 0.256 e. The summed E-state index contributed by atoms with van der Waals surface area (Å²) in [5.41, 5.74) is -1.02. The van der Waals surface area contributed by atoms with Gasteiger partial charge in [0.15, 0.2) is 5.60 Å². The number of hydrogen-bond donors (Lipinski definition) is 3. The zero-order valence-corrected chi connectivity index (χ0v) is 15.6. The highest BCUT2D eigenvalue weighted by Gasteiger charge is 2.41. The molecule has 1 aliphatic heterocycles. The Labute approximate surface area is 161 Å². The number of carbonyl (C=O) groups excluding carboxylic acids is 1. The van der Waals surface area contributed by atoms with E-state index in [1.165, 1.54) is 36.5 Å². The monoisotopic (exact) mass is 390 g/mol. The molecule has 2 heterocycles. The predicted octanol–water partition coefficient (Wildman–Crippen LogP) is 0.561. The Morgan fingerprint density at radius 1 is 1.39 bits per heavy atom. The fourth-order valence-corrected chi connectivity index (χ4v) is 3.29. The van der Waals surface area contributed by atoms with Crippen molar-refractivity contribution in [2.24, 2.45) is 0 Å². The number of hydrogen-bond acceptors (Lipinski definition) is 6. The summed E-state index contributed by atoms with van der Waals surface area (Å²) in [6, 6.07) is 5.70. The van der Waals surface area contributed by atoms with Crippen LogP contribution in [-0.4, -0.2) is 51.7 Å². The van der Waals surface area contributed by atoms with Crippen LogP contribution >= 0.6 is 0 Å². The van der Waals surface area contributed by atoms with Crippen molar-refractivity contribution in [3.05, 3.63) is 58.0 Å². The number of nitrogens with one attached hydrogen (secondary N) is 2. The minimum Gasteiger partial charge on any atom is -0.497 e. The van der Waals surface area contributed by atoms with Gasteiger partial charge in [-0.15, -0.1) is 0 Å². The van der Waals surface area contributed by atoms with E-state index in [1.807, 2.05) is 0 Å². The van der Waals surface area contributed by atoms with Gasteiger partial charge >= 0.3 is 0 Å². The Morgan fingerprint density at radius 3 is 2.96 bits per heavy atom. The Bertz CT molecular complexity index is 903. The summed E-state index contributed by atoms with van der Waals surface area (Å²) in [6.07, 6.45) is 2.20. The van der Waals surface area contributed by atoms with E-state index in [2.05, 4.69) is 15.3 Å². The first-order chi connectivity index (χ1) is 13.4. The number of ether oxygens (including phenoxy) is 1. The lowest BCUT2D eigenvalue weighted by Crippen LogP contribution is -2.57. The first-order valence-corrected chi connectivity index (χ1v) is 9.00. The topological polar surface area (TPSA) is 108 Å². The van der Waals surface area contributed by atoms with Crippen LogP contribution in [-0.2, 0) is 17.9 Å². The molecule has 1 amide bonds. The quantitative estimate of drug-likeness (QED) is 0.638. The van der Waals surface area contributed by atoms with Gasteiger partial charge in [0.05, 0.1) is 19.1 Å². The van der Waals surface area contributed by atoms with Crippen molar-refractivity contribution < 1.29 is 19.0 Å². The zero-order chi connectivity index (χ0) is 20.1. The highest BCUT2D eigenvalue weighted by Crippen LogP contribution is 2.25. The molecule has 3 N–H and O–H groups in total. The van der Waals surface area contributed by atoms with Gasteiger partial charge in [0, 0.05) is 37.8 Å². The fraction of sp³-hybridized carbons (Fsp3) is 0.421. The molecule has 1 aromatic carbocycles. The Balaban J connectivity index is 1.64. The molecule has 0 spiro atoms. The number of rotatable bonds is 7. The highest BCUT2D eigenvalue weighted by atomic mass is 19.1. The molecule has 1 atom stereocenters. The second-order valence-corrected chi connectivity index (χ2v) is 6.83. The van der Waals surface area contributed by atoms with Gasteiger partial charge in [-0.2, -0.15) is 0 Å². The van der Waals surface area contributed by atoms with Gasteiger partial charge in [0.1, 0.15) is 11.6 Å². The number of nitrogens with zero attached hydrogens (tertiary/aromatic N) is 2. The van der Waals surface area contributed by atoms with Crippen LogP contribution in [0.5, 0.6) is 5.75 Å². The molecule has 0 bridgehead atoms. The molecule has 3 rings (SSSR count). The van der Waals surface area contributed by atoms with Crippen LogP contribution in [0.15, 0.2) is 35.4 Å². The van der Waals surface area contributed by atoms with E-state index < -0.39 is 17.3 Å². The van der Waals surface area contributed by atoms with Gasteiger partial charge < -0.3 is 25.0 Å². The first-order valence-electron chi connectivity index (χ1n) is 9.00. The molecule has 1 aliphatic rings. The van der Waals surface area contributed by atoms with E-state index in [0.717, 1.165) is 0 Å². The molecule has 1 fully saturated rings. The van der Waals surface area contributed by atoms with E-state index in [4.69, 9.17) is 4.74 Å². The molecule has 150 valence electrons. The number of carbonyl (C=O) groups is 1. The minimum atomic E-state index is -1.59. The number of aromatic nitrogens is 2. The van der Waals surface area contributed by atoms with Crippen molar-refractivity contribution in [1.82, 2.24) is 20.2 Å². The lowest BCUT2D eigenvalue weighted by molar-refractivity contribution is -0.157. The van der Waals surface area contributed by atoms with Crippen molar-refractivity contribution in [2.45, 2.75) is 31.5 Å². The Hall–Kier alpha value is -2.78. The van der Waals surface area contributed by atoms with Gasteiger partial charge in [0.2, 0.25) is 0 Å². The van der Waals surface area contributed by atoms with Crippen molar-refractivity contribution >= 4 is 5.91 Å². The standard InChI is InChI=1S/C19H23FN4O4/c1-28-15-3-4-16(20)13(7-15)10-24-6-2-5-19(27,18(24)26)11-21-9-14-8-17(25)23-12-22-14/h3-4,7-8,12,21,27H,2,5-6,9-11H2,1H3,(H,22,23,25)/t19-/m1/s1. The summed E-state index contributed by atoms with van der Waals surface area (Å²) in [5.74, 6) is -0.378. The molecule has 0 unspecified atom stereocenters. The van der Waals surface area contributed by atoms with Crippen LogP contribution < -0.4 is 15.6 Å². The van der Waals surface area contributed by atoms with Crippen LogP contribution in [0.3, 0.4) is 0 Å². The molecule has 0 saturated carbocycles. The SMILES string of the molecule is COc1ccc(F)c(CN2CCC[C@@](O)(CNCc3cc(=O)[nH]cn3)C2=O)c1. The Morgan fingerprint density at radius 2 is 2.21 bits per heavy atom. The number of benzene rings is 1. The largest absolute Gasteiger partial charge is 0.497 e. The zero-order valence-electron chi connectivity index (χ0n) is 15.6. The molecular formula is C19H23FN4O4. The third kappa shape index (κ3) is 4.55. The van der Waals surface area contributed by atoms with Crippen LogP contribution in [0, 0.1) is 5.82 Å². The number of H-pyrrole nitrogens is 1. The average Bonchev–Trinajstić information content (AvgIpc) is 2.67. The summed E-state index contributed by atoms with van der Waals surface area (Å²) < 4.78 is 19.2. The molecule has 1 aromatic heterocycles. The normalized spacial score (nSPS) is 19.7. The summed E-state index contributed by atoms with van der Waals surface area (Å²) >= 11 is 0. The number of methoxy groups -OCH3 is 1. The second kappa shape index (κ2) is 8.49. The van der Waals surface area contributed by atoms with Crippen molar-refractivity contribution in [1.29, 1.82) is 0 Å².